The quantitative estimate of drug-likeness (QED) is 0.363. The average Bonchev–Trinajstić information content (AvgIpc) is 3.00. The molecule has 1 fully saturated rings. The van der Waals surface area contributed by atoms with E-state index >= 15 is 0 Å². The third-order valence-corrected chi connectivity index (χ3v) is 4.86. The molecule has 1 heterocycles. The van der Waals surface area contributed by atoms with E-state index in [1.807, 2.05) is 35.2 Å². The zero-order valence-corrected chi connectivity index (χ0v) is 18.6. The van der Waals surface area contributed by atoms with Gasteiger partial charge in [0.25, 0.3) is 0 Å². The van der Waals surface area contributed by atoms with Crippen molar-refractivity contribution in [1.82, 2.24) is 15.5 Å². The zero-order valence-electron chi connectivity index (χ0n) is 16.2. The first-order valence-corrected chi connectivity index (χ1v) is 9.08. The van der Waals surface area contributed by atoms with Crippen LogP contribution in [0.2, 0.25) is 0 Å². The van der Waals surface area contributed by atoms with Crippen LogP contribution in [0.4, 0.5) is 5.69 Å². The number of hydrogen-bond donors (Lipinski definition) is 2. The molecule has 1 aromatic carbocycles. The van der Waals surface area contributed by atoms with Crippen LogP contribution in [0.1, 0.15) is 26.7 Å². The minimum atomic E-state index is 0. The zero-order chi connectivity index (χ0) is 18.2. The Hall–Kier alpha value is -1.35. The highest BCUT2D eigenvalue weighted by molar-refractivity contribution is 14.0. The molecule has 2 N–H and O–H groups in total. The average molecular weight is 473 g/mol. The highest BCUT2D eigenvalue weighted by Gasteiger charge is 2.30. The Morgan fingerprint density at radius 1 is 1.38 bits per heavy atom. The van der Waals surface area contributed by atoms with E-state index in [0.717, 1.165) is 31.2 Å². The van der Waals surface area contributed by atoms with Crippen molar-refractivity contribution >= 4 is 41.5 Å². The fraction of sp³-hybridized carbons (Fsp3) is 0.579. The highest BCUT2D eigenvalue weighted by Crippen LogP contribution is 2.20. The van der Waals surface area contributed by atoms with Crippen molar-refractivity contribution < 1.29 is 4.79 Å². The van der Waals surface area contributed by atoms with Gasteiger partial charge in [0, 0.05) is 44.8 Å². The summed E-state index contributed by atoms with van der Waals surface area (Å²) in [6.45, 7) is 6.87. The van der Waals surface area contributed by atoms with Gasteiger partial charge in [-0.05, 0) is 32.5 Å². The van der Waals surface area contributed by atoms with Crippen LogP contribution >= 0.6 is 24.0 Å². The summed E-state index contributed by atoms with van der Waals surface area (Å²) in [5.41, 5.74) is 0.954. The number of carbonyl (C=O) groups is 1. The number of carbonyl (C=O) groups excluding carboxylic acids is 1. The van der Waals surface area contributed by atoms with E-state index in [1.54, 1.807) is 7.05 Å². The Labute approximate surface area is 174 Å². The van der Waals surface area contributed by atoms with Crippen LogP contribution in [0.5, 0.6) is 0 Å². The molecule has 1 aliphatic rings. The van der Waals surface area contributed by atoms with E-state index in [2.05, 4.69) is 41.4 Å². The molecule has 0 radical (unpaired) electrons. The smallest absolute Gasteiger partial charge is 0.229 e. The number of rotatable bonds is 7. The van der Waals surface area contributed by atoms with Gasteiger partial charge in [-0.15, -0.1) is 24.0 Å². The summed E-state index contributed by atoms with van der Waals surface area (Å²) in [7, 11) is 3.90. The lowest BCUT2D eigenvalue weighted by Crippen LogP contribution is -2.47. The van der Waals surface area contributed by atoms with Crippen LogP contribution in [0, 0.1) is 0 Å². The number of guanidine groups is 1. The Morgan fingerprint density at radius 3 is 2.69 bits per heavy atom. The van der Waals surface area contributed by atoms with Gasteiger partial charge >= 0.3 is 0 Å². The van der Waals surface area contributed by atoms with Gasteiger partial charge in [-0.25, -0.2) is 0 Å². The van der Waals surface area contributed by atoms with E-state index in [1.165, 1.54) is 0 Å². The highest BCUT2D eigenvalue weighted by atomic mass is 127. The van der Waals surface area contributed by atoms with E-state index in [0.29, 0.717) is 19.0 Å². The number of benzene rings is 1. The van der Waals surface area contributed by atoms with Crippen LogP contribution in [-0.4, -0.2) is 62.6 Å². The predicted molar refractivity (Wildman–Crippen MR) is 119 cm³/mol. The molecule has 2 unspecified atom stereocenters. The molecule has 1 aromatic rings. The van der Waals surface area contributed by atoms with E-state index in [4.69, 9.17) is 0 Å². The van der Waals surface area contributed by atoms with Gasteiger partial charge in [-0.2, -0.15) is 0 Å². The van der Waals surface area contributed by atoms with Gasteiger partial charge in [0.05, 0.1) is 6.04 Å². The van der Waals surface area contributed by atoms with Gasteiger partial charge in [-0.1, -0.05) is 25.1 Å². The molecular formula is C19H32IN5O. The summed E-state index contributed by atoms with van der Waals surface area (Å²) in [6.07, 6.45) is 1.63. The summed E-state index contributed by atoms with van der Waals surface area (Å²) in [6, 6.07) is 10.5. The number of nitrogens with one attached hydrogen (secondary N) is 2. The summed E-state index contributed by atoms with van der Waals surface area (Å²) < 4.78 is 0. The topological polar surface area (TPSA) is 60.0 Å². The molecule has 2 rings (SSSR count). The van der Waals surface area contributed by atoms with Crippen molar-refractivity contribution in [2.75, 3.05) is 38.6 Å². The Bertz CT molecular complexity index is 581. The summed E-state index contributed by atoms with van der Waals surface area (Å²) in [5, 5.41) is 6.71. The minimum Gasteiger partial charge on any atom is -0.355 e. The first-order valence-electron chi connectivity index (χ1n) is 9.08. The number of amides is 1. The molecule has 0 saturated carbocycles. The molecule has 6 nitrogen and oxygen atoms in total. The molecule has 2 atom stereocenters. The van der Waals surface area contributed by atoms with Gasteiger partial charge < -0.3 is 20.4 Å². The summed E-state index contributed by atoms with van der Waals surface area (Å²) in [5.74, 6) is 0.904. The fourth-order valence-electron chi connectivity index (χ4n) is 2.93. The van der Waals surface area contributed by atoms with Gasteiger partial charge in [-0.3, -0.25) is 9.79 Å². The van der Waals surface area contributed by atoms with Crippen molar-refractivity contribution in [3.63, 3.8) is 0 Å². The minimum absolute atomic E-state index is 0. The molecule has 0 aromatic heterocycles. The maximum atomic E-state index is 12.3. The number of hydrogen-bond acceptors (Lipinski definition) is 3. The second-order valence-corrected chi connectivity index (χ2v) is 6.62. The van der Waals surface area contributed by atoms with Crippen LogP contribution in [0.25, 0.3) is 0 Å². The molecule has 146 valence electrons. The van der Waals surface area contributed by atoms with E-state index in [9.17, 15) is 4.79 Å². The van der Waals surface area contributed by atoms with Crippen LogP contribution in [-0.2, 0) is 4.79 Å². The fourth-order valence-corrected chi connectivity index (χ4v) is 2.93. The second-order valence-electron chi connectivity index (χ2n) is 6.62. The lowest BCUT2D eigenvalue weighted by atomic mass is 10.2. The third kappa shape index (κ3) is 6.42. The van der Waals surface area contributed by atoms with E-state index < -0.39 is 0 Å². The number of likely N-dealkylation sites (N-methyl/N-ethyl adjacent to an activating group) is 1. The maximum absolute atomic E-state index is 12.3. The molecular weight excluding hydrogens is 441 g/mol. The second kappa shape index (κ2) is 11.4. The summed E-state index contributed by atoms with van der Waals surface area (Å²) in [4.78, 5) is 20.7. The number of nitrogens with zero attached hydrogens (tertiary/aromatic N) is 3. The van der Waals surface area contributed by atoms with Crippen LogP contribution < -0.4 is 15.5 Å². The number of aliphatic imine (C=N–C) groups is 1. The Morgan fingerprint density at radius 2 is 2.08 bits per heavy atom. The molecule has 1 amide bonds. The maximum Gasteiger partial charge on any atom is 0.229 e. The summed E-state index contributed by atoms with van der Waals surface area (Å²) >= 11 is 0. The first-order chi connectivity index (χ1) is 12.0. The molecule has 1 saturated heterocycles. The van der Waals surface area contributed by atoms with Crippen molar-refractivity contribution in [2.45, 2.75) is 38.8 Å². The van der Waals surface area contributed by atoms with E-state index in [-0.39, 0.29) is 35.9 Å². The molecule has 26 heavy (non-hydrogen) atoms. The Balaban J connectivity index is 0.00000338. The normalized spacial score (nSPS) is 18.7. The Kier molecular flexibility index (Phi) is 9.93. The molecule has 1 aliphatic heterocycles. The first kappa shape index (κ1) is 22.7. The van der Waals surface area contributed by atoms with Gasteiger partial charge in [0.2, 0.25) is 5.91 Å². The third-order valence-electron chi connectivity index (χ3n) is 4.86. The SMILES string of the molecule is CCC(C)N(C)CCNC(=NC)NC1CC(=O)N(c2ccccc2)C1.I. The number of anilines is 1. The van der Waals surface area contributed by atoms with Gasteiger partial charge in [0.1, 0.15) is 0 Å². The number of para-hydroxylation sites is 1. The molecule has 0 aliphatic carbocycles. The van der Waals surface area contributed by atoms with Crippen molar-refractivity contribution in [1.29, 1.82) is 0 Å². The largest absolute Gasteiger partial charge is 0.355 e. The lowest BCUT2D eigenvalue weighted by Gasteiger charge is -2.24. The monoisotopic (exact) mass is 473 g/mol. The van der Waals surface area contributed by atoms with Crippen molar-refractivity contribution in [3.8, 4) is 0 Å². The van der Waals surface area contributed by atoms with Gasteiger partial charge in [0.15, 0.2) is 5.96 Å². The predicted octanol–water partition coefficient (Wildman–Crippen LogP) is 2.31. The van der Waals surface area contributed by atoms with Crippen LogP contribution in [0.3, 0.4) is 0 Å². The standard InChI is InChI=1S/C19H31N5O.HI/c1-5-15(2)23(4)12-11-21-19(20-3)22-16-13-18(25)24(14-16)17-9-7-6-8-10-17;/h6-10,15-16H,5,11-14H2,1-4H3,(H2,20,21,22);1H. The van der Waals surface area contributed by atoms with Crippen molar-refractivity contribution in [3.05, 3.63) is 30.3 Å². The molecule has 0 spiro atoms. The van der Waals surface area contributed by atoms with Crippen LogP contribution in [0.15, 0.2) is 35.3 Å². The lowest BCUT2D eigenvalue weighted by molar-refractivity contribution is -0.117. The molecule has 7 heteroatoms. The van der Waals surface area contributed by atoms with Crippen molar-refractivity contribution in [2.24, 2.45) is 4.99 Å². The molecule has 0 bridgehead atoms. The number of halogens is 1.